The SMILES string of the molecule is CCC1CCCCC1NC(=O)C(CN)CC(C)(C)C. The van der Waals surface area contributed by atoms with Gasteiger partial charge in [-0.2, -0.15) is 0 Å². The molecule has 3 atom stereocenters. The number of amides is 1. The second-order valence-corrected chi connectivity index (χ2v) is 7.27. The lowest BCUT2D eigenvalue weighted by atomic mass is 9.81. The maximum Gasteiger partial charge on any atom is 0.224 e. The van der Waals surface area contributed by atoms with E-state index in [1.807, 2.05) is 0 Å². The Labute approximate surface area is 118 Å². The van der Waals surface area contributed by atoms with Gasteiger partial charge in [0, 0.05) is 12.6 Å². The molecule has 0 aromatic carbocycles. The number of nitrogens with one attached hydrogen (secondary N) is 1. The Morgan fingerprint density at radius 1 is 1.32 bits per heavy atom. The van der Waals surface area contributed by atoms with Crippen LogP contribution in [0.25, 0.3) is 0 Å². The highest BCUT2D eigenvalue weighted by molar-refractivity contribution is 5.79. The first-order chi connectivity index (χ1) is 8.87. The van der Waals surface area contributed by atoms with Crippen molar-refractivity contribution in [2.75, 3.05) is 6.54 Å². The van der Waals surface area contributed by atoms with E-state index in [4.69, 9.17) is 5.73 Å². The van der Waals surface area contributed by atoms with Crippen LogP contribution in [0.5, 0.6) is 0 Å². The summed E-state index contributed by atoms with van der Waals surface area (Å²) >= 11 is 0. The van der Waals surface area contributed by atoms with Crippen LogP contribution in [0.3, 0.4) is 0 Å². The minimum atomic E-state index is -0.0422. The van der Waals surface area contributed by atoms with Crippen molar-refractivity contribution in [2.24, 2.45) is 23.0 Å². The second-order valence-electron chi connectivity index (χ2n) is 7.27. The smallest absolute Gasteiger partial charge is 0.224 e. The van der Waals surface area contributed by atoms with Gasteiger partial charge in [0.15, 0.2) is 0 Å². The molecule has 1 fully saturated rings. The van der Waals surface area contributed by atoms with Gasteiger partial charge >= 0.3 is 0 Å². The summed E-state index contributed by atoms with van der Waals surface area (Å²) in [5.41, 5.74) is 5.94. The van der Waals surface area contributed by atoms with Gasteiger partial charge in [-0.05, 0) is 30.6 Å². The molecule has 0 aromatic rings. The van der Waals surface area contributed by atoms with Crippen LogP contribution < -0.4 is 11.1 Å². The van der Waals surface area contributed by atoms with Crippen molar-refractivity contribution >= 4 is 5.91 Å². The molecule has 0 aromatic heterocycles. The molecule has 3 N–H and O–H groups in total. The summed E-state index contributed by atoms with van der Waals surface area (Å²) < 4.78 is 0. The Morgan fingerprint density at radius 2 is 1.95 bits per heavy atom. The molecular weight excluding hydrogens is 236 g/mol. The highest BCUT2D eigenvalue weighted by Crippen LogP contribution is 2.28. The van der Waals surface area contributed by atoms with Gasteiger partial charge in [-0.1, -0.05) is 47.0 Å². The molecule has 3 heteroatoms. The van der Waals surface area contributed by atoms with Gasteiger partial charge in [0.25, 0.3) is 0 Å². The molecule has 19 heavy (non-hydrogen) atoms. The van der Waals surface area contributed by atoms with Crippen molar-refractivity contribution < 1.29 is 4.79 Å². The fraction of sp³-hybridized carbons (Fsp3) is 0.938. The zero-order chi connectivity index (χ0) is 14.5. The molecule has 112 valence electrons. The van der Waals surface area contributed by atoms with Gasteiger partial charge < -0.3 is 11.1 Å². The summed E-state index contributed by atoms with van der Waals surface area (Å²) in [5.74, 6) is 0.785. The first-order valence-electron chi connectivity index (χ1n) is 7.87. The molecule has 0 heterocycles. The van der Waals surface area contributed by atoms with E-state index in [0.717, 1.165) is 19.3 Å². The molecule has 0 radical (unpaired) electrons. The van der Waals surface area contributed by atoms with Crippen molar-refractivity contribution in [1.29, 1.82) is 0 Å². The van der Waals surface area contributed by atoms with Crippen molar-refractivity contribution in [3.8, 4) is 0 Å². The predicted octanol–water partition coefficient (Wildman–Crippen LogP) is 3.08. The third-order valence-corrected chi connectivity index (χ3v) is 4.28. The van der Waals surface area contributed by atoms with Crippen molar-refractivity contribution in [3.63, 3.8) is 0 Å². The summed E-state index contributed by atoms with van der Waals surface area (Å²) in [6.07, 6.45) is 6.97. The third kappa shape index (κ3) is 5.52. The van der Waals surface area contributed by atoms with Crippen LogP contribution in [0.2, 0.25) is 0 Å². The summed E-state index contributed by atoms with van der Waals surface area (Å²) in [6, 6.07) is 0.375. The van der Waals surface area contributed by atoms with Crippen molar-refractivity contribution in [2.45, 2.75) is 72.3 Å². The van der Waals surface area contributed by atoms with Gasteiger partial charge in [0.2, 0.25) is 5.91 Å². The van der Waals surface area contributed by atoms with Gasteiger partial charge in [-0.25, -0.2) is 0 Å². The van der Waals surface area contributed by atoms with E-state index in [1.54, 1.807) is 0 Å². The highest BCUT2D eigenvalue weighted by Gasteiger charge is 2.29. The van der Waals surface area contributed by atoms with Crippen molar-refractivity contribution in [3.05, 3.63) is 0 Å². The fourth-order valence-electron chi connectivity index (χ4n) is 3.21. The number of carbonyl (C=O) groups excluding carboxylic acids is 1. The average molecular weight is 268 g/mol. The van der Waals surface area contributed by atoms with Crippen LogP contribution in [-0.2, 0) is 4.79 Å². The van der Waals surface area contributed by atoms with Crippen LogP contribution in [0.15, 0.2) is 0 Å². The number of rotatable bonds is 5. The lowest BCUT2D eigenvalue weighted by Gasteiger charge is -2.33. The van der Waals surface area contributed by atoms with E-state index in [0.29, 0.717) is 18.5 Å². The quantitative estimate of drug-likeness (QED) is 0.805. The van der Waals surface area contributed by atoms with E-state index in [1.165, 1.54) is 19.3 Å². The first-order valence-corrected chi connectivity index (χ1v) is 7.87. The van der Waals surface area contributed by atoms with Crippen LogP contribution in [0, 0.1) is 17.3 Å². The highest BCUT2D eigenvalue weighted by atomic mass is 16.2. The van der Waals surface area contributed by atoms with Gasteiger partial charge in [0.05, 0.1) is 5.92 Å². The molecule has 3 unspecified atom stereocenters. The largest absolute Gasteiger partial charge is 0.353 e. The Hall–Kier alpha value is -0.570. The number of carbonyl (C=O) groups is 1. The summed E-state index contributed by atoms with van der Waals surface area (Å²) in [6.45, 7) is 9.17. The predicted molar refractivity (Wildman–Crippen MR) is 80.8 cm³/mol. The number of hydrogen-bond acceptors (Lipinski definition) is 2. The number of hydrogen-bond donors (Lipinski definition) is 2. The summed E-state index contributed by atoms with van der Waals surface area (Å²) in [5, 5.41) is 3.27. The maximum atomic E-state index is 12.4. The molecule has 3 nitrogen and oxygen atoms in total. The van der Waals surface area contributed by atoms with E-state index >= 15 is 0 Å². The van der Waals surface area contributed by atoms with Gasteiger partial charge in [-0.3, -0.25) is 4.79 Å². The zero-order valence-corrected chi connectivity index (χ0v) is 13.2. The van der Waals surface area contributed by atoms with Gasteiger partial charge in [0.1, 0.15) is 0 Å². The first kappa shape index (κ1) is 16.5. The monoisotopic (exact) mass is 268 g/mol. The second kappa shape index (κ2) is 7.28. The Bertz CT molecular complexity index is 283. The lowest BCUT2D eigenvalue weighted by molar-refractivity contribution is -0.127. The van der Waals surface area contributed by atoms with Crippen LogP contribution in [-0.4, -0.2) is 18.5 Å². The lowest BCUT2D eigenvalue weighted by Crippen LogP contribution is -2.46. The molecule has 1 aliphatic rings. The molecular formula is C16H32N2O. The van der Waals surface area contributed by atoms with Gasteiger partial charge in [-0.15, -0.1) is 0 Å². The molecule has 0 spiro atoms. The van der Waals surface area contributed by atoms with E-state index in [-0.39, 0.29) is 17.2 Å². The minimum Gasteiger partial charge on any atom is -0.353 e. The van der Waals surface area contributed by atoms with E-state index < -0.39 is 0 Å². The maximum absolute atomic E-state index is 12.4. The van der Waals surface area contributed by atoms with Crippen LogP contribution in [0.1, 0.15) is 66.2 Å². The Kier molecular flexibility index (Phi) is 6.31. The third-order valence-electron chi connectivity index (χ3n) is 4.28. The van der Waals surface area contributed by atoms with E-state index in [2.05, 4.69) is 33.0 Å². The van der Waals surface area contributed by atoms with Crippen LogP contribution in [0.4, 0.5) is 0 Å². The van der Waals surface area contributed by atoms with Crippen molar-refractivity contribution in [1.82, 2.24) is 5.32 Å². The molecule has 1 amide bonds. The van der Waals surface area contributed by atoms with Crippen LogP contribution >= 0.6 is 0 Å². The molecule has 0 aliphatic heterocycles. The normalized spacial score (nSPS) is 25.9. The zero-order valence-electron chi connectivity index (χ0n) is 13.2. The standard InChI is InChI=1S/C16H32N2O/c1-5-12-8-6-7-9-14(12)18-15(19)13(11-17)10-16(2,3)4/h12-14H,5-11,17H2,1-4H3,(H,18,19). The average Bonchev–Trinajstić information content (AvgIpc) is 2.35. The molecule has 1 aliphatic carbocycles. The molecule has 1 saturated carbocycles. The molecule has 1 rings (SSSR count). The summed E-state index contributed by atoms with van der Waals surface area (Å²) in [7, 11) is 0. The van der Waals surface area contributed by atoms with E-state index in [9.17, 15) is 4.79 Å². The topological polar surface area (TPSA) is 55.1 Å². The minimum absolute atomic E-state index is 0.0422. The summed E-state index contributed by atoms with van der Waals surface area (Å²) in [4.78, 5) is 12.4. The molecule has 0 saturated heterocycles. The molecule has 0 bridgehead atoms. The number of nitrogens with two attached hydrogens (primary N) is 1. The fourth-order valence-corrected chi connectivity index (χ4v) is 3.21. The Morgan fingerprint density at radius 3 is 2.47 bits per heavy atom. The Balaban J connectivity index is 2.55.